The van der Waals surface area contributed by atoms with Crippen molar-refractivity contribution in [3.05, 3.63) is 47.7 Å². The van der Waals surface area contributed by atoms with Crippen LogP contribution >= 0.6 is 0 Å². The van der Waals surface area contributed by atoms with Crippen molar-refractivity contribution in [1.82, 2.24) is 10.3 Å². The monoisotopic (exact) mass is 534 g/mol. The standard InChI is InChI=1S/C30H38N4O5/c1-18-17-33(22-7-8-25(38-2)23(13-22)29(36)39-3)9-10-34(18)26-6-4-5-24(31-26)28(35)32-27-20-11-19-12-21(27)16-30(37,14-19)15-20/h4-8,13,18-21,27,37H,9-12,14-17H2,1-3H3,(H,32,35)/t18-,19?,20-,21-,27?,30?/m1/s1. The number of pyridine rings is 1. The Labute approximate surface area is 229 Å². The van der Waals surface area contributed by atoms with Gasteiger partial charge >= 0.3 is 5.97 Å². The van der Waals surface area contributed by atoms with Crippen molar-refractivity contribution in [2.24, 2.45) is 17.8 Å². The summed E-state index contributed by atoms with van der Waals surface area (Å²) in [5.74, 6) is 2.05. The number of rotatable bonds is 6. The summed E-state index contributed by atoms with van der Waals surface area (Å²) in [7, 11) is 2.90. The van der Waals surface area contributed by atoms with Gasteiger partial charge in [0.15, 0.2) is 0 Å². The number of piperazine rings is 1. The first kappa shape index (κ1) is 25.9. The van der Waals surface area contributed by atoms with E-state index in [1.807, 2.05) is 24.3 Å². The first-order valence-corrected chi connectivity index (χ1v) is 14.0. The van der Waals surface area contributed by atoms with E-state index in [9.17, 15) is 14.7 Å². The van der Waals surface area contributed by atoms with Gasteiger partial charge < -0.3 is 29.7 Å². The second-order valence-electron chi connectivity index (χ2n) is 11.9. The summed E-state index contributed by atoms with van der Waals surface area (Å²) in [6.07, 6.45) is 4.74. The zero-order chi connectivity index (χ0) is 27.3. The van der Waals surface area contributed by atoms with Gasteiger partial charge in [0.05, 0.1) is 19.8 Å². The average Bonchev–Trinajstić information content (AvgIpc) is 2.93. The van der Waals surface area contributed by atoms with E-state index >= 15 is 0 Å². The van der Waals surface area contributed by atoms with Crippen molar-refractivity contribution < 1.29 is 24.2 Å². The molecule has 4 aliphatic carbocycles. The van der Waals surface area contributed by atoms with Crippen LogP contribution in [-0.4, -0.2) is 73.5 Å². The smallest absolute Gasteiger partial charge is 0.341 e. The van der Waals surface area contributed by atoms with Gasteiger partial charge in [0.2, 0.25) is 0 Å². The number of benzene rings is 1. The Balaban J connectivity index is 1.13. The molecule has 4 saturated carbocycles. The molecule has 39 heavy (non-hydrogen) atoms. The summed E-state index contributed by atoms with van der Waals surface area (Å²) in [6.45, 7) is 4.35. The van der Waals surface area contributed by atoms with Crippen LogP contribution in [0.5, 0.6) is 5.75 Å². The van der Waals surface area contributed by atoms with Crippen LogP contribution in [0.3, 0.4) is 0 Å². The molecule has 2 N–H and O–H groups in total. The summed E-state index contributed by atoms with van der Waals surface area (Å²) in [5.41, 5.74) is 1.26. The minimum Gasteiger partial charge on any atom is -0.496 e. The number of carbonyl (C=O) groups excluding carboxylic acids is 2. The van der Waals surface area contributed by atoms with Crippen LogP contribution in [0.4, 0.5) is 11.5 Å². The van der Waals surface area contributed by atoms with Gasteiger partial charge in [-0.1, -0.05) is 6.07 Å². The minimum absolute atomic E-state index is 0.124. The van der Waals surface area contributed by atoms with Crippen molar-refractivity contribution in [2.75, 3.05) is 43.7 Å². The number of hydrogen-bond donors (Lipinski definition) is 2. The van der Waals surface area contributed by atoms with E-state index in [1.54, 1.807) is 12.1 Å². The summed E-state index contributed by atoms with van der Waals surface area (Å²) >= 11 is 0. The molecule has 3 atom stereocenters. The van der Waals surface area contributed by atoms with Crippen LogP contribution in [-0.2, 0) is 4.74 Å². The van der Waals surface area contributed by atoms with Gasteiger partial charge in [-0.15, -0.1) is 0 Å². The summed E-state index contributed by atoms with van der Waals surface area (Å²) in [6, 6.07) is 11.5. The Morgan fingerprint density at radius 2 is 1.85 bits per heavy atom. The third kappa shape index (κ3) is 4.81. The summed E-state index contributed by atoms with van der Waals surface area (Å²) in [5, 5.41) is 14.2. The normalized spacial score (nSPS) is 31.2. The van der Waals surface area contributed by atoms with E-state index in [1.165, 1.54) is 14.2 Å². The predicted octanol–water partition coefficient (Wildman–Crippen LogP) is 3.26. The quantitative estimate of drug-likeness (QED) is 0.545. The molecular formula is C30H38N4O5. The first-order valence-electron chi connectivity index (χ1n) is 14.0. The molecule has 1 saturated heterocycles. The molecular weight excluding hydrogens is 496 g/mol. The van der Waals surface area contributed by atoms with E-state index in [4.69, 9.17) is 14.5 Å². The Hall–Kier alpha value is -3.33. The van der Waals surface area contributed by atoms with E-state index in [-0.39, 0.29) is 18.0 Å². The lowest BCUT2D eigenvalue weighted by Gasteiger charge is -2.58. The van der Waals surface area contributed by atoms with Crippen molar-refractivity contribution in [1.29, 1.82) is 0 Å². The van der Waals surface area contributed by atoms with Gasteiger partial charge in [-0.2, -0.15) is 0 Å². The fourth-order valence-electron chi connectivity index (χ4n) is 7.85. The second kappa shape index (κ2) is 10.0. The third-order valence-electron chi connectivity index (χ3n) is 9.38. The number of aliphatic hydroxyl groups is 1. The topological polar surface area (TPSA) is 104 Å². The maximum absolute atomic E-state index is 13.3. The van der Waals surface area contributed by atoms with E-state index in [0.29, 0.717) is 34.8 Å². The largest absolute Gasteiger partial charge is 0.496 e. The number of esters is 1. The maximum Gasteiger partial charge on any atom is 0.341 e. The number of ether oxygens (including phenoxy) is 2. The predicted molar refractivity (Wildman–Crippen MR) is 147 cm³/mol. The summed E-state index contributed by atoms with van der Waals surface area (Å²) < 4.78 is 10.3. The molecule has 9 heteroatoms. The number of nitrogens with zero attached hydrogens (tertiary/aromatic N) is 3. The maximum atomic E-state index is 13.3. The molecule has 2 heterocycles. The second-order valence-corrected chi connectivity index (χ2v) is 11.9. The van der Waals surface area contributed by atoms with Gasteiger partial charge in [-0.25, -0.2) is 9.78 Å². The molecule has 1 aliphatic heterocycles. The molecule has 0 unspecified atom stereocenters. The van der Waals surface area contributed by atoms with E-state index in [2.05, 4.69) is 22.0 Å². The number of carbonyl (C=O) groups is 2. The van der Waals surface area contributed by atoms with Gasteiger partial charge in [-0.3, -0.25) is 4.79 Å². The van der Waals surface area contributed by atoms with Crippen molar-refractivity contribution in [2.45, 2.75) is 56.7 Å². The number of amides is 1. The van der Waals surface area contributed by atoms with Crippen LogP contribution in [0.2, 0.25) is 0 Å². The number of hydrogen-bond acceptors (Lipinski definition) is 8. The van der Waals surface area contributed by atoms with Crippen LogP contribution in [0.15, 0.2) is 36.4 Å². The molecule has 0 radical (unpaired) electrons. The number of anilines is 2. The van der Waals surface area contributed by atoms with Gasteiger partial charge in [-0.05, 0) is 87.1 Å². The van der Waals surface area contributed by atoms with Crippen molar-refractivity contribution in [3.63, 3.8) is 0 Å². The fraction of sp³-hybridized carbons (Fsp3) is 0.567. The van der Waals surface area contributed by atoms with Crippen LogP contribution in [0.1, 0.15) is 59.9 Å². The molecule has 1 aromatic carbocycles. The third-order valence-corrected chi connectivity index (χ3v) is 9.38. The molecule has 9 nitrogen and oxygen atoms in total. The molecule has 4 bridgehead atoms. The SMILES string of the molecule is COC(=O)c1cc(N2CCN(c3cccc(C(=O)NC4[C@@H]5CC6C[C@@H]4CC(O)(C6)C5)n3)[C@H](C)C2)ccc1OC. The van der Waals surface area contributed by atoms with Crippen molar-refractivity contribution >= 4 is 23.4 Å². The number of nitrogens with one attached hydrogen (secondary N) is 1. The Morgan fingerprint density at radius 3 is 2.51 bits per heavy atom. The van der Waals surface area contributed by atoms with Crippen LogP contribution < -0.4 is 19.9 Å². The molecule has 7 rings (SSSR count). The van der Waals surface area contributed by atoms with Gasteiger partial charge in [0.1, 0.15) is 22.8 Å². The van der Waals surface area contributed by atoms with Gasteiger partial charge in [0, 0.05) is 37.4 Å². The minimum atomic E-state index is -0.513. The molecule has 208 valence electrons. The first-order chi connectivity index (χ1) is 18.8. The lowest BCUT2D eigenvalue weighted by atomic mass is 9.52. The Bertz CT molecular complexity index is 1250. The summed E-state index contributed by atoms with van der Waals surface area (Å²) in [4.78, 5) is 34.8. The van der Waals surface area contributed by atoms with Crippen molar-refractivity contribution in [3.8, 4) is 5.75 Å². The molecule has 5 aliphatic rings. The highest BCUT2D eigenvalue weighted by atomic mass is 16.5. The highest BCUT2D eigenvalue weighted by molar-refractivity contribution is 5.94. The average molecular weight is 535 g/mol. The lowest BCUT2D eigenvalue weighted by Crippen LogP contribution is -2.61. The number of aromatic nitrogens is 1. The van der Waals surface area contributed by atoms with E-state index in [0.717, 1.165) is 63.2 Å². The van der Waals surface area contributed by atoms with E-state index < -0.39 is 11.6 Å². The van der Waals surface area contributed by atoms with Gasteiger partial charge in [0.25, 0.3) is 5.91 Å². The van der Waals surface area contributed by atoms with Crippen LogP contribution in [0, 0.1) is 17.8 Å². The number of methoxy groups -OCH3 is 2. The zero-order valence-corrected chi connectivity index (χ0v) is 22.9. The zero-order valence-electron chi connectivity index (χ0n) is 22.9. The Kier molecular flexibility index (Phi) is 6.65. The molecule has 0 spiro atoms. The fourth-order valence-corrected chi connectivity index (χ4v) is 7.85. The molecule has 5 fully saturated rings. The molecule has 1 amide bonds. The lowest BCUT2D eigenvalue weighted by molar-refractivity contribution is -0.136. The Morgan fingerprint density at radius 1 is 1.08 bits per heavy atom. The molecule has 2 aromatic rings. The molecule has 1 aromatic heterocycles. The highest BCUT2D eigenvalue weighted by Crippen LogP contribution is 2.55. The van der Waals surface area contributed by atoms with Crippen LogP contribution in [0.25, 0.3) is 0 Å². The highest BCUT2D eigenvalue weighted by Gasteiger charge is 2.55.